The summed E-state index contributed by atoms with van der Waals surface area (Å²) in [6, 6.07) is 12.1. The third-order valence-electron chi connectivity index (χ3n) is 10.6. The average Bonchev–Trinajstić information content (AvgIpc) is 3.27. The lowest BCUT2D eigenvalue weighted by atomic mass is 10.0. The number of fused-ring (bicyclic) bond motifs is 1. The van der Waals surface area contributed by atoms with Gasteiger partial charge in [-0.1, -0.05) is 6.07 Å². The molecule has 19 nitrogen and oxygen atoms in total. The van der Waals surface area contributed by atoms with Gasteiger partial charge in [-0.15, -0.1) is 10.2 Å². The monoisotopic (exact) mass is 884 g/mol. The second kappa shape index (κ2) is 18.0. The lowest BCUT2D eigenvalue weighted by Crippen LogP contribution is -2.63. The third kappa shape index (κ3) is 8.70. The largest absolute Gasteiger partial charge is 0.505 e. The molecule has 0 spiro atoms. The molecule has 1 aliphatic heterocycles. The number of nitrogens with zero attached hydrogens (tertiary/aromatic N) is 10. The molecule has 0 bridgehead atoms. The number of quaternary nitrogens is 1. The topological polar surface area (TPSA) is 254 Å². The molecule has 7 rings (SSSR count). The van der Waals surface area contributed by atoms with Crippen molar-refractivity contribution < 1.29 is 32.8 Å². The maximum atomic E-state index is 14.2. The Labute approximate surface area is 366 Å². The molecule has 0 saturated heterocycles. The van der Waals surface area contributed by atoms with Gasteiger partial charge in [0.15, 0.2) is 11.4 Å². The van der Waals surface area contributed by atoms with Crippen LogP contribution in [-0.2, 0) is 19.7 Å². The van der Waals surface area contributed by atoms with Gasteiger partial charge >= 0.3 is 11.8 Å². The summed E-state index contributed by atoms with van der Waals surface area (Å²) in [5.41, 5.74) is 4.20. The highest BCUT2D eigenvalue weighted by molar-refractivity contribution is 7.86. The van der Waals surface area contributed by atoms with Crippen molar-refractivity contribution in [1.29, 1.82) is 0 Å². The van der Waals surface area contributed by atoms with E-state index in [1.807, 2.05) is 19.0 Å². The van der Waals surface area contributed by atoms with Crippen molar-refractivity contribution in [3.8, 4) is 17.3 Å². The van der Waals surface area contributed by atoms with Crippen LogP contribution in [-0.4, -0.2) is 98.8 Å². The van der Waals surface area contributed by atoms with E-state index in [0.717, 1.165) is 10.6 Å². The molecule has 2 aliphatic rings. The molecule has 4 N–H and O–H groups in total. The van der Waals surface area contributed by atoms with Crippen LogP contribution in [0.15, 0.2) is 144 Å². The fourth-order valence-electron chi connectivity index (χ4n) is 7.09. The molecular weight excluding hydrogens is 843 g/mol. The van der Waals surface area contributed by atoms with Crippen molar-refractivity contribution in [2.45, 2.75) is 32.1 Å². The normalized spacial score (nSPS) is 17.2. The molecule has 1 aliphatic carbocycles. The zero-order valence-electron chi connectivity index (χ0n) is 35.2. The van der Waals surface area contributed by atoms with Gasteiger partial charge < -0.3 is 15.1 Å². The van der Waals surface area contributed by atoms with Gasteiger partial charge in [-0.2, -0.15) is 28.2 Å². The quantitative estimate of drug-likeness (QED) is 0.0210. The molecule has 2 amide bonds. The van der Waals surface area contributed by atoms with E-state index in [1.54, 1.807) is 51.2 Å². The predicted octanol–water partition coefficient (Wildman–Crippen LogP) is 6.13. The minimum atomic E-state index is -4.90. The van der Waals surface area contributed by atoms with E-state index in [2.05, 4.69) is 40.9 Å². The van der Waals surface area contributed by atoms with Crippen LogP contribution in [0.4, 0.5) is 22.7 Å². The Kier molecular flexibility index (Phi) is 12.5. The van der Waals surface area contributed by atoms with Gasteiger partial charge in [0.2, 0.25) is 5.88 Å². The second-order valence-corrected chi connectivity index (χ2v) is 16.5. The number of pyridine rings is 3. The van der Waals surface area contributed by atoms with Gasteiger partial charge in [0, 0.05) is 48.5 Å². The smallest absolute Gasteiger partial charge is 0.379 e. The first-order chi connectivity index (χ1) is 30.5. The number of azo groups is 1. The van der Waals surface area contributed by atoms with Crippen LogP contribution in [0.2, 0.25) is 0 Å². The number of phenolic OH excluding ortho intramolecular Hbond substituents is 1. The van der Waals surface area contributed by atoms with Crippen molar-refractivity contribution in [2.75, 3.05) is 32.6 Å². The maximum Gasteiger partial charge on any atom is 0.379 e. The number of aromatic nitrogens is 3. The number of amides is 2. The van der Waals surface area contributed by atoms with Crippen molar-refractivity contribution in [1.82, 2.24) is 23.9 Å². The number of nitrogens with one attached hydrogen (secondary N) is 1. The number of benzene rings is 2. The average molecular weight is 885 g/mol. The van der Waals surface area contributed by atoms with Crippen molar-refractivity contribution in [3.05, 3.63) is 131 Å². The van der Waals surface area contributed by atoms with Gasteiger partial charge in [-0.25, -0.2) is 14.2 Å². The summed E-state index contributed by atoms with van der Waals surface area (Å²) in [6.45, 7) is 5.65. The van der Waals surface area contributed by atoms with E-state index < -0.39 is 54.2 Å². The number of carbonyl (C=O) groups excluding carboxylic acids is 2. The Bertz CT molecular complexity index is 3100. The van der Waals surface area contributed by atoms with Crippen molar-refractivity contribution in [2.24, 2.45) is 25.5 Å². The maximum absolute atomic E-state index is 14.2. The number of phenols is 1. The summed E-state index contributed by atoms with van der Waals surface area (Å²) in [5.74, 6) is -2.00. The van der Waals surface area contributed by atoms with E-state index in [0.29, 0.717) is 46.8 Å². The summed E-state index contributed by atoms with van der Waals surface area (Å²) in [4.78, 5) is 50.4. The van der Waals surface area contributed by atoms with Crippen LogP contribution in [0.3, 0.4) is 0 Å². The number of allylic oxidation sites excluding steroid dienone is 4. The molecule has 0 radical (unpaired) electrons. The van der Waals surface area contributed by atoms with Crippen molar-refractivity contribution in [3.63, 3.8) is 0 Å². The summed E-state index contributed by atoms with van der Waals surface area (Å²) in [5, 5.41) is 44.2. The number of hydrogen-bond donors (Lipinski definition) is 4. The van der Waals surface area contributed by atoms with Crippen LogP contribution < -0.4 is 15.5 Å². The van der Waals surface area contributed by atoms with E-state index in [1.165, 1.54) is 67.2 Å². The van der Waals surface area contributed by atoms with Gasteiger partial charge in [-0.05, 0) is 112 Å². The van der Waals surface area contributed by atoms with E-state index in [4.69, 9.17) is 0 Å². The predicted molar refractivity (Wildman–Crippen MR) is 243 cm³/mol. The summed E-state index contributed by atoms with van der Waals surface area (Å²) in [6.07, 6.45) is 14.0. The number of anilines is 1. The highest BCUT2D eigenvalue weighted by Crippen LogP contribution is 2.41. The Morgan fingerprint density at radius 3 is 2.22 bits per heavy atom. The molecule has 4 heterocycles. The molecule has 20 heteroatoms. The summed E-state index contributed by atoms with van der Waals surface area (Å²) in [7, 11) is -1.09. The lowest BCUT2D eigenvalue weighted by Gasteiger charge is -2.34. The zero-order valence-corrected chi connectivity index (χ0v) is 36.0. The molecule has 2 aromatic carbocycles. The molecule has 5 aromatic rings. The van der Waals surface area contributed by atoms with Crippen LogP contribution in [0.1, 0.15) is 24.5 Å². The summed E-state index contributed by atoms with van der Waals surface area (Å²) >= 11 is 0. The number of imide groups is 1. The first-order valence-corrected chi connectivity index (χ1v) is 21.1. The first kappa shape index (κ1) is 44.4. The number of carbonyl (C=O) groups is 2. The molecular formula is C44H42N11O8S+. The van der Waals surface area contributed by atoms with Gasteiger partial charge in [-0.3, -0.25) is 24.7 Å². The number of aromatic hydroxyl groups is 2. The standard InChI is InChI=1S/C44H41N11O8S/c1-26-21-37(56)55(20-8-19-53(4)5,34-10-7-18-46-25-34)44(60)38(26)50-47-30-13-15-31(16-14-30)48-52-40-36(64(61,62)63)22-29-11-12-32(23-35(29)41(40)57)49-51-39-27(2)28(3)42(58)54(43(39)59)33-9-6-17-45-24-33/h6-7,9-18,21-25H,8,19-20H2,1-5H3,(H3-,47,48,49,50,51,52,56,57,58,59,60,61,62,63)/p+1. The molecule has 64 heavy (non-hydrogen) atoms. The minimum absolute atomic E-state index is 0.00752. The van der Waals surface area contributed by atoms with Crippen LogP contribution in [0, 0.1) is 13.8 Å². The van der Waals surface area contributed by atoms with Gasteiger partial charge in [0.1, 0.15) is 28.6 Å². The van der Waals surface area contributed by atoms with Crippen molar-refractivity contribution >= 4 is 72.6 Å². The minimum Gasteiger partial charge on any atom is -0.505 e. The fraction of sp³-hybridized carbons (Fsp3) is 0.182. The summed E-state index contributed by atoms with van der Waals surface area (Å²) < 4.78 is 35.7. The number of hydrazone groups is 1. The molecule has 0 fully saturated rings. The number of rotatable bonds is 12. The van der Waals surface area contributed by atoms with Crippen LogP contribution in [0.5, 0.6) is 11.6 Å². The third-order valence-corrected chi connectivity index (χ3v) is 11.5. The molecule has 1 atom stereocenters. The highest BCUT2D eigenvalue weighted by atomic mass is 32.2. The van der Waals surface area contributed by atoms with E-state index in [-0.39, 0.29) is 40.1 Å². The molecule has 3 aromatic heterocycles. The molecule has 326 valence electrons. The number of hydrogen-bond acceptors (Lipinski definition) is 16. The highest BCUT2D eigenvalue weighted by Gasteiger charge is 2.51. The SMILES string of the molecule is CC1=CC(=O)[N+](CCCN(C)C)(c2cccnc2)C(=O)C1=NN=C1C=CC(=NNc2c(S(=O)(=O)O)cc3ccc(N=Nc4c(C)c(C)c(=O)n(-c5cccnc5)c4O)cc3c2O)C=C1. The second-order valence-electron chi connectivity index (χ2n) is 15.1. The van der Waals surface area contributed by atoms with Gasteiger partial charge in [0.25, 0.3) is 15.7 Å². The Balaban J connectivity index is 1.16. The lowest BCUT2D eigenvalue weighted by molar-refractivity contribution is -0.137. The fourth-order valence-corrected chi connectivity index (χ4v) is 7.76. The van der Waals surface area contributed by atoms with Crippen LogP contribution in [0.25, 0.3) is 16.5 Å². The van der Waals surface area contributed by atoms with Gasteiger partial charge in [0.05, 0.1) is 35.2 Å². The zero-order chi connectivity index (χ0) is 45.9. The first-order valence-electron chi connectivity index (χ1n) is 19.6. The van der Waals surface area contributed by atoms with E-state index in [9.17, 15) is 37.6 Å². The van der Waals surface area contributed by atoms with Crippen LogP contribution >= 0.6 is 0 Å². The molecule has 1 unspecified atom stereocenters. The van der Waals surface area contributed by atoms with E-state index >= 15 is 0 Å². The molecule has 0 saturated carbocycles. The Hall–Kier alpha value is -7.65. The Morgan fingerprint density at radius 1 is 0.859 bits per heavy atom. The Morgan fingerprint density at radius 2 is 1.56 bits per heavy atom.